The zero-order chi connectivity index (χ0) is 23.0. The molecular weight excluding hydrogens is 388 g/mol. The molecule has 0 aliphatic rings. The summed E-state index contributed by atoms with van der Waals surface area (Å²) in [6.45, 7) is 6.93. The van der Waals surface area contributed by atoms with Gasteiger partial charge in [-0.15, -0.1) is 0 Å². The maximum absolute atomic E-state index is 12.5. The first-order valence-corrected chi connectivity index (χ1v) is 9.14. The Morgan fingerprint density at radius 3 is 1.24 bits per heavy atom. The summed E-state index contributed by atoms with van der Waals surface area (Å²) in [7, 11) is 0. The first-order chi connectivity index (χ1) is 13.2. The SMILES string of the molecule is CC(C)C(N)C(=O)NC(C(=O)NC(C(=O)NC(C(=O)O)C(C)O)C(C)O)C(C)O. The largest absolute Gasteiger partial charge is 0.480 e. The number of carbonyl (C=O) groups is 4. The minimum Gasteiger partial charge on any atom is -0.480 e. The Bertz CT molecular complexity index is 594. The van der Waals surface area contributed by atoms with Crippen LogP contribution in [0, 0.1) is 5.92 Å². The van der Waals surface area contributed by atoms with Crippen molar-refractivity contribution in [2.75, 3.05) is 0 Å². The van der Waals surface area contributed by atoms with Crippen molar-refractivity contribution >= 4 is 23.7 Å². The third kappa shape index (κ3) is 8.31. The fourth-order valence-corrected chi connectivity index (χ4v) is 2.24. The lowest BCUT2D eigenvalue weighted by molar-refractivity contribution is -0.146. The Morgan fingerprint density at radius 1 is 0.655 bits per heavy atom. The maximum Gasteiger partial charge on any atom is 0.328 e. The van der Waals surface area contributed by atoms with Gasteiger partial charge >= 0.3 is 5.97 Å². The van der Waals surface area contributed by atoms with Crippen molar-refractivity contribution < 1.29 is 39.6 Å². The van der Waals surface area contributed by atoms with Gasteiger partial charge in [0, 0.05) is 0 Å². The molecule has 0 aromatic carbocycles. The van der Waals surface area contributed by atoms with Crippen molar-refractivity contribution in [3.63, 3.8) is 0 Å². The van der Waals surface area contributed by atoms with E-state index in [1.165, 1.54) is 13.8 Å². The minimum atomic E-state index is -1.67. The molecule has 12 nitrogen and oxygen atoms in total. The highest BCUT2D eigenvalue weighted by molar-refractivity contribution is 5.94. The van der Waals surface area contributed by atoms with Gasteiger partial charge in [0.15, 0.2) is 6.04 Å². The van der Waals surface area contributed by atoms with E-state index in [9.17, 15) is 34.5 Å². The van der Waals surface area contributed by atoms with Gasteiger partial charge in [0.05, 0.1) is 24.4 Å². The number of rotatable bonds is 11. The number of aliphatic carboxylic acids is 1. The number of carbonyl (C=O) groups excluding carboxylic acids is 3. The standard InChI is InChI=1S/C17H32N4O8/c1-6(2)10(18)14(25)19-11(7(3)22)15(26)20-12(8(4)23)16(27)21-13(9(5)24)17(28)29/h6-13,22-24H,18H2,1-5H3,(H,19,25)(H,20,26)(H,21,27)(H,28,29). The topological polar surface area (TPSA) is 211 Å². The number of hydrogen-bond acceptors (Lipinski definition) is 8. The number of hydrogen-bond donors (Lipinski definition) is 8. The highest BCUT2D eigenvalue weighted by atomic mass is 16.4. The summed E-state index contributed by atoms with van der Waals surface area (Å²) in [5.41, 5.74) is 5.71. The van der Waals surface area contributed by atoms with Crippen LogP contribution in [0.3, 0.4) is 0 Å². The molecule has 0 rings (SSSR count). The summed E-state index contributed by atoms with van der Waals surface area (Å²) in [6, 6.07) is -5.70. The number of carboxylic acid groups (broad SMARTS) is 1. The summed E-state index contributed by atoms with van der Waals surface area (Å²) >= 11 is 0. The molecule has 3 amide bonds. The van der Waals surface area contributed by atoms with E-state index in [-0.39, 0.29) is 5.92 Å². The molecule has 168 valence electrons. The molecule has 0 aliphatic heterocycles. The number of aliphatic hydroxyl groups excluding tert-OH is 3. The quantitative estimate of drug-likeness (QED) is 0.167. The summed E-state index contributed by atoms with van der Waals surface area (Å²) in [4.78, 5) is 48.0. The van der Waals surface area contributed by atoms with Gasteiger partial charge < -0.3 is 42.1 Å². The third-order valence-electron chi connectivity index (χ3n) is 4.19. The molecule has 12 heteroatoms. The number of carboxylic acids is 1. The van der Waals surface area contributed by atoms with Crippen LogP contribution in [0.25, 0.3) is 0 Å². The van der Waals surface area contributed by atoms with Crippen molar-refractivity contribution in [3.05, 3.63) is 0 Å². The Labute approximate surface area is 168 Å². The van der Waals surface area contributed by atoms with Gasteiger partial charge in [0.2, 0.25) is 17.7 Å². The lowest BCUT2D eigenvalue weighted by Gasteiger charge is -2.28. The molecule has 0 aliphatic carbocycles. The zero-order valence-corrected chi connectivity index (χ0v) is 17.1. The van der Waals surface area contributed by atoms with E-state index >= 15 is 0 Å². The number of nitrogens with one attached hydrogen (secondary N) is 3. The lowest BCUT2D eigenvalue weighted by Crippen LogP contribution is -2.62. The molecule has 0 radical (unpaired) electrons. The molecule has 0 saturated carbocycles. The number of aliphatic hydroxyl groups is 3. The average molecular weight is 420 g/mol. The van der Waals surface area contributed by atoms with Crippen molar-refractivity contribution in [2.24, 2.45) is 11.7 Å². The monoisotopic (exact) mass is 420 g/mol. The van der Waals surface area contributed by atoms with Crippen LogP contribution in [0.4, 0.5) is 0 Å². The van der Waals surface area contributed by atoms with Crippen LogP contribution in [0.5, 0.6) is 0 Å². The van der Waals surface area contributed by atoms with Gasteiger partial charge in [0.1, 0.15) is 12.1 Å². The van der Waals surface area contributed by atoms with E-state index in [1.54, 1.807) is 13.8 Å². The van der Waals surface area contributed by atoms with Crippen molar-refractivity contribution in [1.82, 2.24) is 16.0 Å². The van der Waals surface area contributed by atoms with Gasteiger partial charge in [-0.2, -0.15) is 0 Å². The summed E-state index contributed by atoms with van der Waals surface area (Å²) in [6.07, 6.45) is -4.25. The highest BCUT2D eigenvalue weighted by Crippen LogP contribution is 2.03. The molecular formula is C17H32N4O8. The van der Waals surface area contributed by atoms with Crippen LogP contribution < -0.4 is 21.7 Å². The van der Waals surface area contributed by atoms with E-state index in [4.69, 9.17) is 10.8 Å². The number of nitrogens with two attached hydrogens (primary N) is 1. The van der Waals surface area contributed by atoms with Crippen molar-refractivity contribution in [2.45, 2.75) is 77.1 Å². The maximum atomic E-state index is 12.5. The molecule has 0 aromatic rings. The van der Waals surface area contributed by atoms with Crippen molar-refractivity contribution in [3.8, 4) is 0 Å². The summed E-state index contributed by atoms with van der Waals surface area (Å²) in [5, 5.41) is 44.6. The minimum absolute atomic E-state index is 0.239. The van der Waals surface area contributed by atoms with Crippen LogP contribution in [0.2, 0.25) is 0 Å². The Hall–Kier alpha value is -2.28. The van der Waals surface area contributed by atoms with E-state index < -0.39 is 66.2 Å². The fraction of sp³-hybridized carbons (Fsp3) is 0.765. The van der Waals surface area contributed by atoms with Gasteiger partial charge in [-0.1, -0.05) is 13.8 Å². The molecule has 0 fully saturated rings. The van der Waals surface area contributed by atoms with E-state index in [2.05, 4.69) is 10.6 Å². The Balaban J connectivity index is 5.37. The smallest absolute Gasteiger partial charge is 0.328 e. The summed E-state index contributed by atoms with van der Waals surface area (Å²) < 4.78 is 0. The normalized spacial score (nSPS) is 18.6. The summed E-state index contributed by atoms with van der Waals surface area (Å²) in [5.74, 6) is -4.51. The molecule has 0 bridgehead atoms. The second-order valence-electron chi connectivity index (χ2n) is 7.29. The zero-order valence-electron chi connectivity index (χ0n) is 17.1. The third-order valence-corrected chi connectivity index (χ3v) is 4.19. The number of amides is 3. The second-order valence-corrected chi connectivity index (χ2v) is 7.29. The Morgan fingerprint density at radius 2 is 0.966 bits per heavy atom. The fourth-order valence-electron chi connectivity index (χ4n) is 2.24. The highest BCUT2D eigenvalue weighted by Gasteiger charge is 2.35. The lowest BCUT2D eigenvalue weighted by atomic mass is 10.0. The van der Waals surface area contributed by atoms with E-state index in [0.717, 1.165) is 6.92 Å². The molecule has 0 heterocycles. The van der Waals surface area contributed by atoms with E-state index in [0.29, 0.717) is 0 Å². The van der Waals surface area contributed by atoms with Gasteiger partial charge in [-0.05, 0) is 26.7 Å². The Kier molecular flexibility index (Phi) is 10.7. The first kappa shape index (κ1) is 26.7. The van der Waals surface area contributed by atoms with Crippen LogP contribution in [-0.4, -0.2) is 86.6 Å². The van der Waals surface area contributed by atoms with E-state index in [1.807, 2.05) is 5.32 Å². The van der Waals surface area contributed by atoms with Crippen molar-refractivity contribution in [1.29, 1.82) is 0 Å². The molecule has 29 heavy (non-hydrogen) atoms. The predicted molar refractivity (Wildman–Crippen MR) is 101 cm³/mol. The molecule has 0 spiro atoms. The molecule has 0 saturated heterocycles. The van der Waals surface area contributed by atoms with Crippen LogP contribution >= 0.6 is 0 Å². The molecule has 0 aromatic heterocycles. The van der Waals surface area contributed by atoms with Gasteiger partial charge in [0.25, 0.3) is 0 Å². The molecule has 9 N–H and O–H groups in total. The first-order valence-electron chi connectivity index (χ1n) is 9.14. The predicted octanol–water partition coefficient (Wildman–Crippen LogP) is -3.35. The van der Waals surface area contributed by atoms with Crippen LogP contribution in [0.15, 0.2) is 0 Å². The van der Waals surface area contributed by atoms with Gasteiger partial charge in [-0.3, -0.25) is 14.4 Å². The van der Waals surface area contributed by atoms with Crippen LogP contribution in [-0.2, 0) is 19.2 Å². The molecule has 7 atom stereocenters. The van der Waals surface area contributed by atoms with Crippen LogP contribution in [0.1, 0.15) is 34.6 Å². The molecule has 7 unspecified atom stereocenters. The van der Waals surface area contributed by atoms with Gasteiger partial charge in [-0.25, -0.2) is 4.79 Å². The second kappa shape index (κ2) is 11.7. The average Bonchev–Trinajstić information content (AvgIpc) is 2.59.